The molecule has 0 amide bonds. The number of ketones is 2. The largest absolute Gasteiger partial charge is 0.300 e. The fourth-order valence-electron chi connectivity index (χ4n) is 5.17. The summed E-state index contributed by atoms with van der Waals surface area (Å²) in [5.41, 5.74) is 2.92. The van der Waals surface area contributed by atoms with Gasteiger partial charge in [-0.25, -0.2) is 0 Å². The van der Waals surface area contributed by atoms with E-state index in [-0.39, 0.29) is 5.41 Å². The lowest BCUT2D eigenvalue weighted by atomic mass is 9.67. The van der Waals surface area contributed by atoms with Crippen molar-refractivity contribution in [2.45, 2.75) is 70.4 Å². The highest BCUT2D eigenvalue weighted by Crippen LogP contribution is 2.52. The normalized spacial score (nSPS) is 41.5. The third-order valence-corrected chi connectivity index (χ3v) is 6.32. The number of nitrogens with zero attached hydrogens (tertiary/aromatic N) is 1. The Kier molecular flexibility index (Phi) is 2.72. The van der Waals surface area contributed by atoms with Gasteiger partial charge in [-0.2, -0.15) is 0 Å². The van der Waals surface area contributed by atoms with E-state index in [1.807, 2.05) is 0 Å². The number of allylic oxidation sites excluding steroid dienone is 1. The zero-order valence-electron chi connectivity index (χ0n) is 12.3. The molecule has 2 heterocycles. The van der Waals surface area contributed by atoms with Gasteiger partial charge in [0.25, 0.3) is 0 Å². The van der Waals surface area contributed by atoms with Gasteiger partial charge in [0.2, 0.25) is 0 Å². The van der Waals surface area contributed by atoms with E-state index >= 15 is 0 Å². The third kappa shape index (κ3) is 1.62. The molecule has 1 saturated carbocycles. The Hall–Kier alpha value is -0.960. The van der Waals surface area contributed by atoms with Crippen molar-refractivity contribution in [1.82, 2.24) is 4.90 Å². The maximum atomic E-state index is 12.2. The monoisotopic (exact) mass is 273 g/mol. The molecule has 4 rings (SSSR count). The van der Waals surface area contributed by atoms with Gasteiger partial charge in [-0.1, -0.05) is 11.1 Å². The number of carbonyl (C=O) groups excluding carboxylic acids is 2. The van der Waals surface area contributed by atoms with Crippen molar-refractivity contribution in [3.63, 3.8) is 0 Å². The molecular weight excluding hydrogens is 250 g/mol. The lowest BCUT2D eigenvalue weighted by Crippen LogP contribution is -2.54. The maximum absolute atomic E-state index is 12.2. The van der Waals surface area contributed by atoms with Crippen LogP contribution in [0, 0.1) is 5.41 Å². The standard InChI is InChI=1S/C17H23NO2/c1-17-8-6-15-13(14(17)4-5-16(17)20)3-2-11-10-12(19)7-9-18(11)15/h11,15H,2-10H2,1H3. The summed E-state index contributed by atoms with van der Waals surface area (Å²) < 4.78 is 0. The number of hydrogen-bond acceptors (Lipinski definition) is 3. The average molecular weight is 273 g/mol. The fraction of sp³-hybridized carbons (Fsp3) is 0.765. The molecule has 0 aromatic heterocycles. The van der Waals surface area contributed by atoms with Crippen LogP contribution in [-0.2, 0) is 9.59 Å². The predicted molar refractivity (Wildman–Crippen MR) is 76.4 cm³/mol. The topological polar surface area (TPSA) is 37.4 Å². The molecule has 0 N–H and O–H groups in total. The molecule has 2 aliphatic carbocycles. The molecule has 0 aromatic carbocycles. The average Bonchev–Trinajstić information content (AvgIpc) is 2.74. The molecule has 2 aliphatic heterocycles. The number of piperidine rings is 2. The van der Waals surface area contributed by atoms with E-state index in [1.54, 1.807) is 5.57 Å². The Morgan fingerprint density at radius 3 is 2.80 bits per heavy atom. The zero-order valence-corrected chi connectivity index (χ0v) is 12.3. The SMILES string of the molecule is CC12CCC3C(=C1CCC2=O)CCC1CC(=O)CCN13. The van der Waals surface area contributed by atoms with Gasteiger partial charge < -0.3 is 0 Å². The Morgan fingerprint density at radius 1 is 1.10 bits per heavy atom. The molecule has 0 spiro atoms. The third-order valence-electron chi connectivity index (χ3n) is 6.32. The van der Waals surface area contributed by atoms with Crippen molar-refractivity contribution in [3.8, 4) is 0 Å². The van der Waals surface area contributed by atoms with Crippen LogP contribution in [0.3, 0.4) is 0 Å². The molecule has 3 fully saturated rings. The molecule has 4 aliphatic rings. The minimum absolute atomic E-state index is 0.135. The zero-order chi connectivity index (χ0) is 13.9. The van der Waals surface area contributed by atoms with Gasteiger partial charge in [-0.3, -0.25) is 14.5 Å². The van der Waals surface area contributed by atoms with Crippen molar-refractivity contribution in [2.75, 3.05) is 6.54 Å². The number of rotatable bonds is 0. The second-order valence-electron chi connectivity index (χ2n) is 7.24. The summed E-state index contributed by atoms with van der Waals surface area (Å²) >= 11 is 0. The molecular formula is C17H23NO2. The predicted octanol–water partition coefficient (Wildman–Crippen LogP) is 2.64. The summed E-state index contributed by atoms with van der Waals surface area (Å²) in [6.07, 6.45) is 7.62. The van der Waals surface area contributed by atoms with Gasteiger partial charge in [-0.15, -0.1) is 0 Å². The van der Waals surface area contributed by atoms with Crippen LogP contribution in [0.4, 0.5) is 0 Å². The van der Waals surface area contributed by atoms with E-state index in [9.17, 15) is 9.59 Å². The van der Waals surface area contributed by atoms with Crippen LogP contribution in [0.15, 0.2) is 11.1 Å². The van der Waals surface area contributed by atoms with Gasteiger partial charge >= 0.3 is 0 Å². The van der Waals surface area contributed by atoms with E-state index in [1.165, 1.54) is 5.57 Å². The number of Topliss-reactive ketones (excluding diaryl/α,β-unsaturated/α-hetero) is 2. The van der Waals surface area contributed by atoms with Crippen LogP contribution in [0.1, 0.15) is 58.3 Å². The van der Waals surface area contributed by atoms with E-state index < -0.39 is 0 Å². The highest BCUT2D eigenvalue weighted by molar-refractivity contribution is 5.91. The van der Waals surface area contributed by atoms with E-state index in [0.29, 0.717) is 23.7 Å². The minimum Gasteiger partial charge on any atom is -0.300 e. The molecule has 0 bridgehead atoms. The molecule has 108 valence electrons. The summed E-state index contributed by atoms with van der Waals surface area (Å²) in [7, 11) is 0. The van der Waals surface area contributed by atoms with Crippen LogP contribution in [0.25, 0.3) is 0 Å². The van der Waals surface area contributed by atoms with E-state index in [4.69, 9.17) is 0 Å². The first-order valence-electron chi connectivity index (χ1n) is 8.13. The second kappa shape index (κ2) is 4.27. The molecule has 3 heteroatoms. The van der Waals surface area contributed by atoms with Crippen molar-refractivity contribution in [1.29, 1.82) is 0 Å². The van der Waals surface area contributed by atoms with Gasteiger partial charge in [0, 0.05) is 43.3 Å². The van der Waals surface area contributed by atoms with Crippen LogP contribution in [-0.4, -0.2) is 35.1 Å². The quantitative estimate of drug-likeness (QED) is 0.637. The molecule has 3 nitrogen and oxygen atoms in total. The highest BCUT2D eigenvalue weighted by Gasteiger charge is 2.50. The summed E-state index contributed by atoms with van der Waals surface area (Å²) in [6.45, 7) is 3.11. The van der Waals surface area contributed by atoms with Crippen molar-refractivity contribution < 1.29 is 9.59 Å². The molecule has 0 radical (unpaired) electrons. The summed E-state index contributed by atoms with van der Waals surface area (Å²) in [5, 5.41) is 0. The smallest absolute Gasteiger partial charge is 0.143 e. The molecule has 20 heavy (non-hydrogen) atoms. The first kappa shape index (κ1) is 12.8. The van der Waals surface area contributed by atoms with Crippen LogP contribution in [0.2, 0.25) is 0 Å². The molecule has 3 unspecified atom stereocenters. The highest BCUT2D eigenvalue weighted by atomic mass is 16.1. The minimum atomic E-state index is -0.135. The number of fused-ring (bicyclic) bond motifs is 4. The first-order chi connectivity index (χ1) is 9.59. The van der Waals surface area contributed by atoms with Crippen molar-refractivity contribution >= 4 is 11.6 Å². The number of hydrogen-bond donors (Lipinski definition) is 0. The van der Waals surface area contributed by atoms with Crippen molar-refractivity contribution in [2.24, 2.45) is 5.41 Å². The van der Waals surface area contributed by atoms with Crippen LogP contribution >= 0.6 is 0 Å². The van der Waals surface area contributed by atoms with Gasteiger partial charge in [0.15, 0.2) is 0 Å². The summed E-state index contributed by atoms with van der Waals surface area (Å²) in [4.78, 5) is 26.5. The molecule has 3 atom stereocenters. The van der Waals surface area contributed by atoms with E-state index in [2.05, 4.69) is 11.8 Å². The fourth-order valence-corrected chi connectivity index (χ4v) is 5.17. The molecule has 2 saturated heterocycles. The molecule has 0 aromatic rings. The summed E-state index contributed by atoms with van der Waals surface area (Å²) in [5.74, 6) is 0.911. The van der Waals surface area contributed by atoms with Gasteiger partial charge in [-0.05, 0) is 39.0 Å². The lowest BCUT2D eigenvalue weighted by molar-refractivity contribution is -0.125. The maximum Gasteiger partial charge on any atom is 0.143 e. The second-order valence-corrected chi connectivity index (χ2v) is 7.24. The Morgan fingerprint density at radius 2 is 1.95 bits per heavy atom. The first-order valence-corrected chi connectivity index (χ1v) is 8.13. The van der Waals surface area contributed by atoms with E-state index in [0.717, 1.165) is 57.9 Å². The summed E-state index contributed by atoms with van der Waals surface area (Å²) in [6, 6.07) is 1.02. The van der Waals surface area contributed by atoms with Crippen molar-refractivity contribution in [3.05, 3.63) is 11.1 Å². The van der Waals surface area contributed by atoms with Crippen LogP contribution < -0.4 is 0 Å². The Balaban J connectivity index is 1.70. The van der Waals surface area contributed by atoms with Gasteiger partial charge in [0.1, 0.15) is 11.6 Å². The Labute approximate surface area is 120 Å². The number of carbonyl (C=O) groups is 2. The lowest BCUT2D eigenvalue weighted by Gasteiger charge is -2.50. The van der Waals surface area contributed by atoms with Crippen LogP contribution in [0.5, 0.6) is 0 Å². The van der Waals surface area contributed by atoms with Gasteiger partial charge in [0.05, 0.1) is 0 Å². The Bertz CT molecular complexity index is 521.